The monoisotopic (exact) mass is 405 g/mol. The summed E-state index contributed by atoms with van der Waals surface area (Å²) in [4.78, 5) is 24.8. The first kappa shape index (κ1) is 19.7. The second kappa shape index (κ2) is 7.89. The van der Waals surface area contributed by atoms with Crippen LogP contribution in [0, 0.1) is 0 Å². The molecule has 0 fully saturated rings. The molecule has 3 rings (SSSR count). The second-order valence-electron chi connectivity index (χ2n) is 6.26. The predicted molar refractivity (Wildman–Crippen MR) is 101 cm³/mol. The number of rotatable bonds is 6. The van der Waals surface area contributed by atoms with Gasteiger partial charge in [0.1, 0.15) is 6.61 Å². The van der Waals surface area contributed by atoms with Gasteiger partial charge in [-0.2, -0.15) is 0 Å². The molecule has 9 heteroatoms. The second-order valence-corrected chi connectivity index (χ2v) is 8.01. The molecule has 0 bridgehead atoms. The van der Waals surface area contributed by atoms with Crippen LogP contribution in [0.4, 0.5) is 5.69 Å². The number of hydrogen-bond donors (Lipinski definition) is 1. The van der Waals surface area contributed by atoms with Gasteiger partial charge in [0.15, 0.2) is 17.6 Å². The number of carbonyl (C=O) groups excluding carboxylic acids is 2. The Kier molecular flexibility index (Phi) is 5.55. The van der Waals surface area contributed by atoms with Crippen LogP contribution in [0.15, 0.2) is 48.5 Å². The van der Waals surface area contributed by atoms with Crippen LogP contribution in [0.5, 0.6) is 11.5 Å². The topological polar surface area (TPSA) is 108 Å². The fraction of sp³-hybridized carbons (Fsp3) is 0.263. The molecule has 148 valence electrons. The Hall–Kier alpha value is -3.07. The van der Waals surface area contributed by atoms with Crippen LogP contribution < -0.4 is 14.2 Å². The standard InChI is InChI=1S/C19H19NO7S/c1-12(18(21)13-7-9-14(10-8-13)20-28(2,23)24)26-19(22)17-11-25-15-5-3-4-6-16(15)27-17/h3-10,12,17,20H,11H2,1-2H3/t12-,17+/m1/s1. The molecule has 2 atom stereocenters. The number of anilines is 1. The number of sulfonamides is 1. The molecule has 0 radical (unpaired) electrons. The minimum Gasteiger partial charge on any atom is -0.485 e. The van der Waals surface area contributed by atoms with Crippen molar-refractivity contribution < 1.29 is 32.2 Å². The zero-order valence-corrected chi connectivity index (χ0v) is 16.1. The van der Waals surface area contributed by atoms with Crippen molar-refractivity contribution in [2.75, 3.05) is 17.6 Å². The summed E-state index contributed by atoms with van der Waals surface area (Å²) < 4.78 is 41.0. The maximum absolute atomic E-state index is 12.5. The van der Waals surface area contributed by atoms with Gasteiger partial charge in [0, 0.05) is 11.3 Å². The number of fused-ring (bicyclic) bond motifs is 1. The largest absolute Gasteiger partial charge is 0.485 e. The van der Waals surface area contributed by atoms with Gasteiger partial charge in [-0.05, 0) is 43.3 Å². The number of esters is 1. The highest BCUT2D eigenvalue weighted by molar-refractivity contribution is 7.92. The van der Waals surface area contributed by atoms with Crippen LogP contribution in [0.1, 0.15) is 17.3 Å². The highest BCUT2D eigenvalue weighted by Gasteiger charge is 2.31. The lowest BCUT2D eigenvalue weighted by Gasteiger charge is -2.25. The molecular formula is C19H19NO7S. The van der Waals surface area contributed by atoms with Gasteiger partial charge >= 0.3 is 5.97 Å². The fourth-order valence-electron chi connectivity index (χ4n) is 2.59. The summed E-state index contributed by atoms with van der Waals surface area (Å²) >= 11 is 0. The van der Waals surface area contributed by atoms with Crippen LogP contribution in [-0.2, 0) is 19.6 Å². The summed E-state index contributed by atoms with van der Waals surface area (Å²) in [6, 6.07) is 12.8. The molecule has 28 heavy (non-hydrogen) atoms. The van der Waals surface area contributed by atoms with Gasteiger partial charge in [0.25, 0.3) is 0 Å². The minimum atomic E-state index is -3.41. The molecule has 0 spiro atoms. The molecule has 1 heterocycles. The Morgan fingerprint density at radius 3 is 2.39 bits per heavy atom. The summed E-state index contributed by atoms with van der Waals surface area (Å²) in [5.41, 5.74) is 0.612. The van der Waals surface area contributed by atoms with E-state index < -0.39 is 34.0 Å². The van der Waals surface area contributed by atoms with Crippen LogP contribution in [0.2, 0.25) is 0 Å². The SMILES string of the molecule is C[C@@H](OC(=O)[C@@H]1COc2ccccc2O1)C(=O)c1ccc(NS(C)(=O)=O)cc1. The van der Waals surface area contributed by atoms with Crippen LogP contribution in [0.3, 0.4) is 0 Å². The Morgan fingerprint density at radius 1 is 1.11 bits per heavy atom. The van der Waals surface area contributed by atoms with E-state index in [1.165, 1.54) is 31.2 Å². The molecular weight excluding hydrogens is 386 g/mol. The van der Waals surface area contributed by atoms with E-state index in [-0.39, 0.29) is 12.2 Å². The van der Waals surface area contributed by atoms with E-state index in [0.717, 1.165) is 6.26 Å². The third-order valence-corrected chi connectivity index (χ3v) is 4.51. The third-order valence-electron chi connectivity index (χ3n) is 3.91. The van der Waals surface area contributed by atoms with Crippen LogP contribution in [-0.4, -0.2) is 45.2 Å². The molecule has 0 unspecified atom stereocenters. The van der Waals surface area contributed by atoms with Crippen molar-refractivity contribution in [1.29, 1.82) is 0 Å². The number of Topliss-reactive ketones (excluding diaryl/α,β-unsaturated/α-hetero) is 1. The molecule has 0 aliphatic carbocycles. The first-order valence-corrected chi connectivity index (χ1v) is 10.3. The molecule has 0 saturated heterocycles. The van der Waals surface area contributed by atoms with E-state index in [0.29, 0.717) is 17.2 Å². The zero-order chi connectivity index (χ0) is 20.3. The smallest absolute Gasteiger partial charge is 0.351 e. The lowest BCUT2D eigenvalue weighted by molar-refractivity contribution is -0.157. The lowest BCUT2D eigenvalue weighted by atomic mass is 10.1. The van der Waals surface area contributed by atoms with E-state index in [2.05, 4.69) is 4.72 Å². The van der Waals surface area contributed by atoms with Crippen molar-refractivity contribution in [2.24, 2.45) is 0 Å². The van der Waals surface area contributed by atoms with Crippen molar-refractivity contribution >= 4 is 27.5 Å². The van der Waals surface area contributed by atoms with Gasteiger partial charge in [-0.25, -0.2) is 13.2 Å². The Balaban J connectivity index is 1.60. The number of ketones is 1. The number of nitrogens with one attached hydrogen (secondary N) is 1. The Bertz CT molecular complexity index is 986. The molecule has 0 saturated carbocycles. The summed E-state index contributed by atoms with van der Waals surface area (Å²) in [6.07, 6.45) is -0.975. The first-order chi connectivity index (χ1) is 13.2. The summed E-state index contributed by atoms with van der Waals surface area (Å²) in [5.74, 6) is -0.149. The number of ether oxygens (including phenoxy) is 3. The average Bonchev–Trinajstić information content (AvgIpc) is 2.66. The minimum absolute atomic E-state index is 0.0113. The zero-order valence-electron chi connectivity index (χ0n) is 15.2. The summed E-state index contributed by atoms with van der Waals surface area (Å²) in [7, 11) is -3.41. The molecule has 2 aromatic rings. The van der Waals surface area contributed by atoms with E-state index in [9.17, 15) is 18.0 Å². The normalized spacial score (nSPS) is 16.7. The average molecular weight is 405 g/mol. The van der Waals surface area contributed by atoms with Crippen molar-refractivity contribution in [2.45, 2.75) is 19.1 Å². The summed E-state index contributed by atoms with van der Waals surface area (Å²) in [5, 5.41) is 0. The van der Waals surface area contributed by atoms with Gasteiger partial charge < -0.3 is 14.2 Å². The Morgan fingerprint density at radius 2 is 1.75 bits per heavy atom. The van der Waals surface area contributed by atoms with Crippen molar-refractivity contribution in [1.82, 2.24) is 0 Å². The van der Waals surface area contributed by atoms with Gasteiger partial charge in [-0.1, -0.05) is 12.1 Å². The van der Waals surface area contributed by atoms with Crippen molar-refractivity contribution in [3.8, 4) is 11.5 Å². The summed E-state index contributed by atoms with van der Waals surface area (Å²) in [6.45, 7) is 1.45. The van der Waals surface area contributed by atoms with Crippen LogP contribution >= 0.6 is 0 Å². The fourth-order valence-corrected chi connectivity index (χ4v) is 3.15. The molecule has 1 aliphatic rings. The molecule has 2 aromatic carbocycles. The predicted octanol–water partition coefficient (Wildman–Crippen LogP) is 2.01. The number of benzene rings is 2. The quantitative estimate of drug-likeness (QED) is 0.578. The van der Waals surface area contributed by atoms with Gasteiger partial charge in [-0.3, -0.25) is 9.52 Å². The van der Waals surface area contributed by atoms with Gasteiger partial charge in [-0.15, -0.1) is 0 Å². The Labute approximate surface area is 162 Å². The van der Waals surface area contributed by atoms with Gasteiger partial charge in [0.2, 0.25) is 21.9 Å². The van der Waals surface area contributed by atoms with E-state index in [1.54, 1.807) is 24.3 Å². The number of hydrogen-bond acceptors (Lipinski definition) is 7. The lowest BCUT2D eigenvalue weighted by Crippen LogP contribution is -2.40. The molecule has 1 N–H and O–H groups in total. The first-order valence-electron chi connectivity index (χ1n) is 8.44. The van der Waals surface area contributed by atoms with E-state index in [4.69, 9.17) is 14.2 Å². The van der Waals surface area contributed by atoms with Crippen LogP contribution in [0.25, 0.3) is 0 Å². The third kappa shape index (κ3) is 4.80. The molecule has 8 nitrogen and oxygen atoms in total. The molecule has 1 aliphatic heterocycles. The van der Waals surface area contributed by atoms with E-state index in [1.807, 2.05) is 0 Å². The number of para-hydroxylation sites is 2. The van der Waals surface area contributed by atoms with Gasteiger partial charge in [0.05, 0.1) is 6.26 Å². The van der Waals surface area contributed by atoms with Crippen molar-refractivity contribution in [3.63, 3.8) is 0 Å². The highest BCUT2D eigenvalue weighted by atomic mass is 32.2. The number of carbonyl (C=O) groups is 2. The highest BCUT2D eigenvalue weighted by Crippen LogP contribution is 2.31. The molecule has 0 aromatic heterocycles. The maximum Gasteiger partial charge on any atom is 0.351 e. The van der Waals surface area contributed by atoms with E-state index >= 15 is 0 Å². The maximum atomic E-state index is 12.5. The van der Waals surface area contributed by atoms with Crippen molar-refractivity contribution in [3.05, 3.63) is 54.1 Å². The molecule has 0 amide bonds.